The fraction of sp³-hybridized carbons (Fsp3) is 0.562. The molecule has 0 spiro atoms. The van der Waals surface area contributed by atoms with E-state index in [0.29, 0.717) is 18.2 Å². The van der Waals surface area contributed by atoms with Crippen molar-refractivity contribution < 1.29 is 9.59 Å². The van der Waals surface area contributed by atoms with Gasteiger partial charge in [0.25, 0.3) is 11.8 Å². The predicted molar refractivity (Wildman–Crippen MR) is 81.1 cm³/mol. The molecule has 5 heteroatoms. The summed E-state index contributed by atoms with van der Waals surface area (Å²) in [5.74, 6) is -0.0533. The van der Waals surface area contributed by atoms with Gasteiger partial charge in [-0.2, -0.15) is 0 Å². The summed E-state index contributed by atoms with van der Waals surface area (Å²) in [6.07, 6.45) is 4.38. The third-order valence-electron chi connectivity index (χ3n) is 3.58. The molecule has 1 aliphatic carbocycles. The third kappa shape index (κ3) is 4.55. The average molecular weight is 289 g/mol. The monoisotopic (exact) mass is 289 g/mol. The minimum Gasteiger partial charge on any atom is -0.350 e. The molecule has 0 atom stereocenters. The highest BCUT2D eigenvalue weighted by molar-refractivity contribution is 5.96. The zero-order chi connectivity index (χ0) is 15.2. The van der Waals surface area contributed by atoms with Gasteiger partial charge in [0.05, 0.1) is 0 Å². The molecule has 2 N–H and O–H groups in total. The Kier molecular flexibility index (Phi) is 5.31. The molecule has 1 aliphatic rings. The lowest BCUT2D eigenvalue weighted by molar-refractivity contribution is 0.0931. The van der Waals surface area contributed by atoms with Gasteiger partial charge in [-0.15, -0.1) is 0 Å². The molecule has 0 aliphatic heterocycles. The van der Waals surface area contributed by atoms with Crippen molar-refractivity contribution in [2.45, 2.75) is 45.6 Å². The Labute approximate surface area is 125 Å². The van der Waals surface area contributed by atoms with E-state index >= 15 is 0 Å². The zero-order valence-corrected chi connectivity index (χ0v) is 12.7. The molecule has 0 saturated heterocycles. The Morgan fingerprint density at radius 3 is 2.43 bits per heavy atom. The maximum absolute atomic E-state index is 12.1. The van der Waals surface area contributed by atoms with Crippen molar-refractivity contribution >= 4 is 11.8 Å². The second-order valence-corrected chi connectivity index (χ2v) is 5.97. The first-order valence-electron chi connectivity index (χ1n) is 7.62. The van der Waals surface area contributed by atoms with Crippen molar-refractivity contribution in [2.75, 3.05) is 6.54 Å². The van der Waals surface area contributed by atoms with Crippen molar-refractivity contribution in [2.24, 2.45) is 5.92 Å². The summed E-state index contributed by atoms with van der Waals surface area (Å²) >= 11 is 0. The Morgan fingerprint density at radius 1 is 1.19 bits per heavy atom. The number of pyridine rings is 1. The first-order chi connectivity index (χ1) is 10.1. The van der Waals surface area contributed by atoms with Crippen molar-refractivity contribution in [3.8, 4) is 0 Å². The number of amides is 2. The van der Waals surface area contributed by atoms with Crippen LogP contribution in [-0.4, -0.2) is 29.4 Å². The molecule has 0 aromatic carbocycles. The third-order valence-corrected chi connectivity index (χ3v) is 3.58. The van der Waals surface area contributed by atoms with Crippen LogP contribution >= 0.6 is 0 Å². The van der Waals surface area contributed by atoms with Crippen LogP contribution in [0.4, 0.5) is 0 Å². The molecule has 1 aromatic heterocycles. The molecule has 114 valence electrons. The molecular formula is C16H23N3O2. The fourth-order valence-electron chi connectivity index (χ4n) is 2.40. The summed E-state index contributed by atoms with van der Waals surface area (Å²) < 4.78 is 0. The SMILES string of the molecule is CC(C)CNC(=O)c1cccc(C(=O)NC2CCCC2)n1. The maximum Gasteiger partial charge on any atom is 0.270 e. The van der Waals surface area contributed by atoms with Gasteiger partial charge in [-0.05, 0) is 30.9 Å². The topological polar surface area (TPSA) is 71.1 Å². The molecule has 21 heavy (non-hydrogen) atoms. The van der Waals surface area contributed by atoms with Gasteiger partial charge in [-0.1, -0.05) is 32.8 Å². The van der Waals surface area contributed by atoms with Gasteiger partial charge < -0.3 is 10.6 Å². The van der Waals surface area contributed by atoms with Gasteiger partial charge in [-0.25, -0.2) is 4.98 Å². The van der Waals surface area contributed by atoms with Crippen LogP contribution in [0.1, 0.15) is 60.5 Å². The summed E-state index contributed by atoms with van der Waals surface area (Å²) in [5, 5.41) is 5.78. The zero-order valence-electron chi connectivity index (χ0n) is 12.7. The van der Waals surface area contributed by atoms with Gasteiger partial charge in [0.2, 0.25) is 0 Å². The fourth-order valence-corrected chi connectivity index (χ4v) is 2.40. The number of rotatable bonds is 5. The van der Waals surface area contributed by atoms with Crippen molar-refractivity contribution in [1.82, 2.24) is 15.6 Å². The van der Waals surface area contributed by atoms with Gasteiger partial charge in [0, 0.05) is 12.6 Å². The van der Waals surface area contributed by atoms with Crippen LogP contribution < -0.4 is 10.6 Å². The Morgan fingerprint density at radius 2 is 1.81 bits per heavy atom. The van der Waals surface area contributed by atoms with Crippen LogP contribution in [0, 0.1) is 5.92 Å². The van der Waals surface area contributed by atoms with Crippen LogP contribution in [0.5, 0.6) is 0 Å². The Balaban J connectivity index is 1.99. The van der Waals surface area contributed by atoms with E-state index < -0.39 is 0 Å². The van der Waals surface area contributed by atoms with Crippen molar-refractivity contribution in [1.29, 1.82) is 0 Å². The van der Waals surface area contributed by atoms with Crippen LogP contribution in [0.3, 0.4) is 0 Å². The average Bonchev–Trinajstić information content (AvgIpc) is 2.97. The standard InChI is InChI=1S/C16H23N3O2/c1-11(2)10-17-15(20)13-8-5-9-14(19-13)16(21)18-12-6-3-4-7-12/h5,8-9,11-12H,3-4,6-7,10H2,1-2H3,(H,17,20)(H,18,21). The van der Waals surface area contributed by atoms with Crippen LogP contribution in [0.25, 0.3) is 0 Å². The lowest BCUT2D eigenvalue weighted by Crippen LogP contribution is -2.34. The van der Waals surface area contributed by atoms with Crippen LogP contribution in [0.15, 0.2) is 18.2 Å². The molecule has 0 radical (unpaired) electrons. The number of hydrogen-bond acceptors (Lipinski definition) is 3. The predicted octanol–water partition coefficient (Wildman–Crippen LogP) is 2.14. The molecule has 1 aromatic rings. The number of nitrogens with one attached hydrogen (secondary N) is 2. The highest BCUT2D eigenvalue weighted by atomic mass is 16.2. The largest absolute Gasteiger partial charge is 0.350 e. The van der Waals surface area contributed by atoms with E-state index in [0.717, 1.165) is 25.7 Å². The normalized spacial score (nSPS) is 15.2. The van der Waals surface area contributed by atoms with E-state index in [-0.39, 0.29) is 23.6 Å². The lowest BCUT2D eigenvalue weighted by atomic mass is 10.2. The minimum atomic E-state index is -0.237. The van der Waals surface area contributed by atoms with Gasteiger partial charge in [-0.3, -0.25) is 9.59 Å². The van der Waals surface area contributed by atoms with Crippen LogP contribution in [0.2, 0.25) is 0 Å². The molecule has 2 rings (SSSR count). The van der Waals surface area contributed by atoms with Crippen molar-refractivity contribution in [3.05, 3.63) is 29.6 Å². The van der Waals surface area contributed by atoms with Gasteiger partial charge in [0.15, 0.2) is 0 Å². The molecule has 0 bridgehead atoms. The number of nitrogens with zero attached hydrogens (tertiary/aromatic N) is 1. The van der Waals surface area contributed by atoms with Crippen molar-refractivity contribution in [3.63, 3.8) is 0 Å². The van der Waals surface area contributed by atoms with E-state index in [2.05, 4.69) is 15.6 Å². The first kappa shape index (κ1) is 15.5. The summed E-state index contributed by atoms with van der Waals surface area (Å²) in [7, 11) is 0. The highest BCUT2D eigenvalue weighted by Gasteiger charge is 2.19. The summed E-state index contributed by atoms with van der Waals surface area (Å²) in [4.78, 5) is 28.3. The molecule has 1 heterocycles. The quantitative estimate of drug-likeness (QED) is 0.872. The van der Waals surface area contributed by atoms with Gasteiger partial charge in [0.1, 0.15) is 11.4 Å². The summed E-state index contributed by atoms with van der Waals surface area (Å²) in [6.45, 7) is 4.65. The molecule has 2 amide bonds. The molecular weight excluding hydrogens is 266 g/mol. The summed E-state index contributed by atoms with van der Waals surface area (Å²) in [5.41, 5.74) is 0.591. The smallest absolute Gasteiger partial charge is 0.270 e. The first-order valence-corrected chi connectivity index (χ1v) is 7.62. The van der Waals surface area contributed by atoms with E-state index in [4.69, 9.17) is 0 Å². The number of carbonyl (C=O) groups excluding carboxylic acids is 2. The molecule has 1 fully saturated rings. The Bertz CT molecular complexity index is 508. The maximum atomic E-state index is 12.1. The van der Waals surface area contributed by atoms with E-state index in [1.807, 2.05) is 13.8 Å². The molecule has 0 unspecified atom stereocenters. The highest BCUT2D eigenvalue weighted by Crippen LogP contribution is 2.17. The van der Waals surface area contributed by atoms with E-state index in [1.54, 1.807) is 18.2 Å². The number of hydrogen-bond donors (Lipinski definition) is 2. The van der Waals surface area contributed by atoms with E-state index in [9.17, 15) is 9.59 Å². The van der Waals surface area contributed by atoms with Gasteiger partial charge >= 0.3 is 0 Å². The number of carbonyl (C=O) groups is 2. The second kappa shape index (κ2) is 7.20. The second-order valence-electron chi connectivity index (χ2n) is 5.97. The molecule has 1 saturated carbocycles. The lowest BCUT2D eigenvalue weighted by Gasteiger charge is -2.12. The molecule has 5 nitrogen and oxygen atoms in total. The summed E-state index contributed by atoms with van der Waals surface area (Å²) in [6, 6.07) is 5.21. The minimum absolute atomic E-state index is 0.194. The number of aromatic nitrogens is 1. The van der Waals surface area contributed by atoms with E-state index in [1.165, 1.54) is 0 Å². The Hall–Kier alpha value is -1.91. The van der Waals surface area contributed by atoms with Crippen LogP contribution in [-0.2, 0) is 0 Å².